The quantitative estimate of drug-likeness (QED) is 0.376. The Hall–Kier alpha value is -0.630. The largest absolute Gasteiger partial charge is 4.00 e. The third-order valence-corrected chi connectivity index (χ3v) is 4.44. The van der Waals surface area contributed by atoms with Crippen molar-refractivity contribution in [3.8, 4) is 0 Å². The summed E-state index contributed by atoms with van der Waals surface area (Å²) in [5, 5.41) is 0. The second kappa shape index (κ2) is 11.9. The van der Waals surface area contributed by atoms with E-state index in [0.29, 0.717) is 11.8 Å². The standard InChI is InChI=1S/2C11H11.2ClH.Hf/c2*1-2-9-7-8-10-5-3-4-6-11(9)10;;;/h2*3-6,8-9H,2H2,1H3;2*1H;/q2*-1;;;+4/p-2. The van der Waals surface area contributed by atoms with E-state index in [4.69, 9.17) is 0 Å². The Balaban J connectivity index is 0.000000411. The van der Waals surface area contributed by atoms with Crippen LogP contribution >= 0.6 is 0 Å². The van der Waals surface area contributed by atoms with Crippen molar-refractivity contribution in [1.82, 2.24) is 0 Å². The third-order valence-electron chi connectivity index (χ3n) is 4.44. The molecule has 0 heterocycles. The predicted molar refractivity (Wildman–Crippen MR) is 94.4 cm³/mol. The van der Waals surface area contributed by atoms with Gasteiger partial charge in [0.1, 0.15) is 0 Å². The number of fused-ring (bicyclic) bond motifs is 2. The van der Waals surface area contributed by atoms with E-state index in [-0.39, 0.29) is 50.7 Å². The van der Waals surface area contributed by atoms with Gasteiger partial charge in [-0.25, -0.2) is 12.2 Å². The van der Waals surface area contributed by atoms with Crippen LogP contribution in [0, 0.1) is 12.2 Å². The summed E-state index contributed by atoms with van der Waals surface area (Å²) in [5.74, 6) is 1.09. The maximum Gasteiger partial charge on any atom is 4.00 e. The molecule has 128 valence electrons. The fourth-order valence-corrected chi connectivity index (χ4v) is 3.16. The summed E-state index contributed by atoms with van der Waals surface area (Å²) in [7, 11) is 0. The van der Waals surface area contributed by atoms with Crippen LogP contribution in [0.2, 0.25) is 0 Å². The van der Waals surface area contributed by atoms with E-state index in [2.05, 4.69) is 86.7 Å². The smallest absolute Gasteiger partial charge is 1.00 e. The molecule has 0 fully saturated rings. The van der Waals surface area contributed by atoms with E-state index in [1.807, 2.05) is 0 Å². The molecule has 3 heteroatoms. The Kier molecular flexibility index (Phi) is 11.6. The summed E-state index contributed by atoms with van der Waals surface area (Å²) in [4.78, 5) is 0. The van der Waals surface area contributed by atoms with Gasteiger partial charge in [0.05, 0.1) is 0 Å². The molecule has 0 saturated carbocycles. The molecule has 2 aliphatic carbocycles. The van der Waals surface area contributed by atoms with Gasteiger partial charge in [0.15, 0.2) is 0 Å². The van der Waals surface area contributed by atoms with Crippen LogP contribution < -0.4 is 24.8 Å². The molecule has 25 heavy (non-hydrogen) atoms. The summed E-state index contributed by atoms with van der Waals surface area (Å²) in [6, 6.07) is 17.0. The minimum Gasteiger partial charge on any atom is -1.00 e. The molecule has 4 rings (SSSR count). The van der Waals surface area contributed by atoms with Gasteiger partial charge < -0.3 is 24.8 Å². The van der Waals surface area contributed by atoms with Gasteiger partial charge in [-0.2, -0.15) is 11.1 Å². The topological polar surface area (TPSA) is 0 Å². The van der Waals surface area contributed by atoms with Gasteiger partial charge in [-0.1, -0.05) is 74.9 Å². The summed E-state index contributed by atoms with van der Waals surface area (Å²) >= 11 is 0. The molecule has 0 saturated heterocycles. The molecule has 0 aromatic heterocycles. The van der Waals surface area contributed by atoms with E-state index in [9.17, 15) is 0 Å². The van der Waals surface area contributed by atoms with Crippen LogP contribution in [0.1, 0.15) is 60.8 Å². The van der Waals surface area contributed by atoms with Crippen LogP contribution in [-0.4, -0.2) is 0 Å². The predicted octanol–water partition coefficient (Wildman–Crippen LogP) is 0.0259. The average molecular weight is 536 g/mol. The summed E-state index contributed by atoms with van der Waals surface area (Å²) < 4.78 is 0. The van der Waals surface area contributed by atoms with E-state index in [0.717, 1.165) is 12.8 Å². The van der Waals surface area contributed by atoms with Crippen LogP contribution in [-0.2, 0) is 25.8 Å². The maximum absolute atomic E-state index is 3.35. The molecule has 0 aliphatic heterocycles. The monoisotopic (exact) mass is 536 g/mol. The molecule has 0 radical (unpaired) electrons. The first-order valence-corrected chi connectivity index (χ1v) is 8.19. The van der Waals surface area contributed by atoms with E-state index in [1.54, 1.807) is 0 Å². The Morgan fingerprint density at radius 1 is 0.680 bits per heavy atom. The van der Waals surface area contributed by atoms with Gasteiger partial charge in [0.25, 0.3) is 0 Å². The van der Waals surface area contributed by atoms with E-state index in [1.165, 1.54) is 22.3 Å². The van der Waals surface area contributed by atoms with Crippen molar-refractivity contribution in [3.63, 3.8) is 0 Å². The number of allylic oxidation sites excluding steroid dienone is 2. The number of hydrogen-bond donors (Lipinski definition) is 0. The van der Waals surface area contributed by atoms with Gasteiger partial charge in [0.2, 0.25) is 0 Å². The van der Waals surface area contributed by atoms with Gasteiger partial charge in [-0.05, 0) is 0 Å². The Morgan fingerprint density at radius 2 is 1.04 bits per heavy atom. The molecule has 2 atom stereocenters. The maximum atomic E-state index is 3.35. The van der Waals surface area contributed by atoms with Crippen molar-refractivity contribution in [2.75, 3.05) is 0 Å². The number of hydrogen-bond acceptors (Lipinski definition) is 0. The zero-order valence-electron chi connectivity index (χ0n) is 14.6. The molecule has 0 amide bonds. The minimum absolute atomic E-state index is 0. The third kappa shape index (κ3) is 5.67. The molecule has 0 nitrogen and oxygen atoms in total. The number of rotatable bonds is 2. The summed E-state index contributed by atoms with van der Waals surface area (Å²) in [6.07, 6.45) is 13.2. The molecule has 0 spiro atoms. The molecule has 2 aromatic carbocycles. The second-order valence-corrected chi connectivity index (χ2v) is 5.80. The number of halogens is 2. The molecule has 2 aromatic rings. The van der Waals surface area contributed by atoms with Gasteiger partial charge >= 0.3 is 25.8 Å². The van der Waals surface area contributed by atoms with Gasteiger partial charge in [0, 0.05) is 0 Å². The molecule has 2 aliphatic rings. The van der Waals surface area contributed by atoms with Crippen molar-refractivity contribution in [1.29, 1.82) is 0 Å². The molecule has 0 bridgehead atoms. The van der Waals surface area contributed by atoms with Crippen molar-refractivity contribution in [3.05, 3.63) is 82.9 Å². The van der Waals surface area contributed by atoms with Crippen LogP contribution in [0.5, 0.6) is 0 Å². The first-order chi connectivity index (χ1) is 10.8. The van der Waals surface area contributed by atoms with Crippen molar-refractivity contribution in [2.45, 2.75) is 38.5 Å². The Bertz CT molecular complexity index is 645. The summed E-state index contributed by atoms with van der Waals surface area (Å²) in [6.45, 7) is 4.40. The Labute approximate surface area is 183 Å². The van der Waals surface area contributed by atoms with Gasteiger partial charge in [-0.3, -0.25) is 12.2 Å². The Morgan fingerprint density at radius 3 is 1.40 bits per heavy atom. The van der Waals surface area contributed by atoms with Crippen LogP contribution in [0.25, 0.3) is 12.2 Å². The average Bonchev–Trinajstić information content (AvgIpc) is 3.19. The molecule has 2 unspecified atom stereocenters. The fraction of sp³-hybridized carbons (Fsp3) is 0.273. The van der Waals surface area contributed by atoms with Crippen LogP contribution in [0.15, 0.2) is 48.5 Å². The molecular weight excluding hydrogens is 514 g/mol. The first-order valence-electron chi connectivity index (χ1n) is 8.19. The minimum atomic E-state index is 0. The van der Waals surface area contributed by atoms with Crippen LogP contribution in [0.4, 0.5) is 0 Å². The normalized spacial score (nSPS) is 17.8. The first kappa shape index (κ1) is 24.4. The molecule has 0 N–H and O–H groups in total. The SMILES string of the molecule is CCC1[C-]=Cc2ccccc21.CCC1[C-]=Cc2ccccc21.[Cl-].[Cl-].[Hf+4]. The van der Waals surface area contributed by atoms with Crippen molar-refractivity contribution < 1.29 is 50.7 Å². The second-order valence-electron chi connectivity index (χ2n) is 5.80. The van der Waals surface area contributed by atoms with Crippen molar-refractivity contribution >= 4 is 12.2 Å². The van der Waals surface area contributed by atoms with Crippen molar-refractivity contribution in [2.24, 2.45) is 0 Å². The summed E-state index contributed by atoms with van der Waals surface area (Å²) in [5.41, 5.74) is 5.57. The van der Waals surface area contributed by atoms with Crippen LogP contribution in [0.3, 0.4) is 0 Å². The zero-order chi connectivity index (χ0) is 15.4. The van der Waals surface area contributed by atoms with E-state index < -0.39 is 0 Å². The molecular formula is C22H22Cl2Hf. The fourth-order valence-electron chi connectivity index (χ4n) is 3.16. The van der Waals surface area contributed by atoms with Gasteiger partial charge in [-0.15, -0.1) is 23.3 Å². The van der Waals surface area contributed by atoms with E-state index >= 15 is 0 Å². The number of benzene rings is 2. The zero-order valence-corrected chi connectivity index (χ0v) is 19.7.